The first-order chi connectivity index (χ1) is 16.8. The van der Waals surface area contributed by atoms with Crippen molar-refractivity contribution in [1.82, 2.24) is 19.7 Å². The number of rotatable bonds is 5. The van der Waals surface area contributed by atoms with E-state index in [1.54, 1.807) is 36.3 Å². The first kappa shape index (κ1) is 23.1. The molecule has 4 aromatic rings. The maximum Gasteiger partial charge on any atom is 0.253 e. The highest BCUT2D eigenvalue weighted by Gasteiger charge is 2.28. The molecule has 35 heavy (non-hydrogen) atoms. The molecule has 1 fully saturated rings. The van der Waals surface area contributed by atoms with E-state index in [1.165, 1.54) is 16.8 Å². The Morgan fingerprint density at radius 2 is 1.94 bits per heavy atom. The zero-order valence-electron chi connectivity index (χ0n) is 18.8. The molecule has 1 aliphatic rings. The molecule has 1 saturated heterocycles. The van der Waals surface area contributed by atoms with Gasteiger partial charge in [0.25, 0.3) is 5.91 Å². The first-order valence-electron chi connectivity index (χ1n) is 11.1. The summed E-state index contributed by atoms with van der Waals surface area (Å²) < 4.78 is 52.7. The summed E-state index contributed by atoms with van der Waals surface area (Å²) in [5.74, 6) is -2.69. The van der Waals surface area contributed by atoms with Gasteiger partial charge in [-0.25, -0.2) is 13.2 Å². The van der Waals surface area contributed by atoms with Crippen molar-refractivity contribution in [2.24, 2.45) is 7.05 Å². The van der Waals surface area contributed by atoms with Crippen LogP contribution in [-0.2, 0) is 18.3 Å². The zero-order chi connectivity index (χ0) is 24.7. The second-order valence-corrected chi connectivity index (χ2v) is 8.64. The van der Waals surface area contributed by atoms with Crippen molar-refractivity contribution in [1.29, 1.82) is 0 Å². The predicted molar refractivity (Wildman–Crippen MR) is 122 cm³/mol. The van der Waals surface area contributed by atoms with E-state index in [0.717, 1.165) is 17.7 Å². The van der Waals surface area contributed by atoms with E-state index in [2.05, 4.69) is 10.4 Å². The lowest BCUT2D eigenvalue weighted by atomic mass is 10.1. The van der Waals surface area contributed by atoms with Crippen LogP contribution < -0.4 is 5.32 Å². The number of aliphatic hydroxyl groups excluding tert-OH is 1. The third kappa shape index (κ3) is 4.42. The number of aryl methyl sites for hydroxylation is 1. The summed E-state index contributed by atoms with van der Waals surface area (Å²) in [6.45, 7) is 0.314. The van der Waals surface area contributed by atoms with Gasteiger partial charge in [0.2, 0.25) is 0 Å². The Kier molecular flexibility index (Phi) is 6.08. The van der Waals surface area contributed by atoms with Crippen LogP contribution in [0.4, 0.5) is 13.2 Å². The SMILES string of the molecule is Cn1cc(-c2ccc(Cn3cc(C(=O)N[C@H]4CCOC[C@@H]4O)c4c(F)ccc(F)c43)c(F)c2)cn1. The van der Waals surface area contributed by atoms with E-state index in [0.29, 0.717) is 18.6 Å². The van der Waals surface area contributed by atoms with Gasteiger partial charge in [0.15, 0.2) is 0 Å². The molecule has 0 aliphatic carbocycles. The zero-order valence-corrected chi connectivity index (χ0v) is 18.8. The monoisotopic (exact) mass is 484 g/mol. The van der Waals surface area contributed by atoms with Crippen molar-refractivity contribution in [2.75, 3.05) is 13.2 Å². The fraction of sp³-hybridized carbons (Fsp3) is 0.280. The summed E-state index contributed by atoms with van der Waals surface area (Å²) in [6, 6.07) is 5.99. The number of aromatic nitrogens is 3. The van der Waals surface area contributed by atoms with Gasteiger partial charge in [0, 0.05) is 37.2 Å². The average Bonchev–Trinajstić information content (AvgIpc) is 3.44. The van der Waals surface area contributed by atoms with Crippen LogP contribution in [0.15, 0.2) is 48.9 Å². The highest BCUT2D eigenvalue weighted by Crippen LogP contribution is 2.29. The van der Waals surface area contributed by atoms with E-state index in [-0.39, 0.29) is 35.2 Å². The fourth-order valence-electron chi connectivity index (χ4n) is 4.41. The molecule has 0 radical (unpaired) electrons. The van der Waals surface area contributed by atoms with Gasteiger partial charge in [-0.2, -0.15) is 5.10 Å². The smallest absolute Gasteiger partial charge is 0.253 e. The third-order valence-corrected chi connectivity index (χ3v) is 6.24. The van der Waals surface area contributed by atoms with E-state index in [4.69, 9.17) is 4.74 Å². The minimum Gasteiger partial charge on any atom is -0.389 e. The quantitative estimate of drug-likeness (QED) is 0.455. The molecule has 2 atom stereocenters. The van der Waals surface area contributed by atoms with Gasteiger partial charge < -0.3 is 19.7 Å². The second-order valence-electron chi connectivity index (χ2n) is 8.64. The molecular weight excluding hydrogens is 461 g/mol. The van der Waals surface area contributed by atoms with E-state index >= 15 is 0 Å². The Bertz CT molecular complexity index is 1410. The highest BCUT2D eigenvalue weighted by molar-refractivity contribution is 6.07. The Labute approximate surface area is 198 Å². The summed E-state index contributed by atoms with van der Waals surface area (Å²) in [7, 11) is 1.76. The van der Waals surface area contributed by atoms with Crippen molar-refractivity contribution in [2.45, 2.75) is 25.1 Å². The summed E-state index contributed by atoms with van der Waals surface area (Å²) in [6.07, 6.45) is 4.16. The minimum absolute atomic E-state index is 0.0734. The molecule has 0 spiro atoms. The number of carbonyl (C=O) groups excluding carboxylic acids is 1. The molecule has 2 aromatic heterocycles. The molecule has 5 rings (SSSR count). The standard InChI is InChI=1S/C25H23F3N4O3/c1-31-10-16(9-29-31)14-2-3-15(20(28)8-14)11-32-12-17(23-18(26)4-5-19(27)24(23)32)25(34)30-21-6-7-35-13-22(21)33/h2-5,8-10,12,21-22,33H,6-7,11,13H2,1H3,(H,30,34)/t21-,22-/m0/s1. The molecule has 0 saturated carbocycles. The van der Waals surface area contributed by atoms with Crippen LogP contribution in [0.5, 0.6) is 0 Å². The maximum absolute atomic E-state index is 15.0. The van der Waals surface area contributed by atoms with Crippen LogP contribution in [0.3, 0.4) is 0 Å². The number of hydrogen-bond donors (Lipinski definition) is 2. The Hall–Kier alpha value is -3.63. The average molecular weight is 484 g/mol. The molecule has 1 amide bonds. The van der Waals surface area contributed by atoms with Gasteiger partial charge in [-0.05, 0) is 30.2 Å². The number of fused-ring (bicyclic) bond motifs is 1. The molecule has 2 aromatic carbocycles. The predicted octanol–water partition coefficient (Wildman–Crippen LogP) is 3.39. The molecule has 182 valence electrons. The summed E-state index contributed by atoms with van der Waals surface area (Å²) >= 11 is 0. The van der Waals surface area contributed by atoms with E-state index in [9.17, 15) is 23.1 Å². The number of halogens is 3. The normalized spacial score (nSPS) is 18.2. The molecule has 0 bridgehead atoms. The Balaban J connectivity index is 1.50. The molecular formula is C25H23F3N4O3. The Morgan fingerprint density at radius 1 is 1.14 bits per heavy atom. The van der Waals surface area contributed by atoms with Crippen molar-refractivity contribution in [3.8, 4) is 11.1 Å². The van der Waals surface area contributed by atoms with Crippen molar-refractivity contribution in [3.63, 3.8) is 0 Å². The topological polar surface area (TPSA) is 81.3 Å². The summed E-state index contributed by atoms with van der Waals surface area (Å²) in [5, 5.41) is 16.7. The third-order valence-electron chi connectivity index (χ3n) is 6.24. The van der Waals surface area contributed by atoms with Gasteiger partial charge in [-0.15, -0.1) is 0 Å². The summed E-state index contributed by atoms with van der Waals surface area (Å²) in [5.41, 5.74) is 1.38. The Morgan fingerprint density at radius 3 is 2.66 bits per heavy atom. The molecule has 3 heterocycles. The van der Waals surface area contributed by atoms with Crippen LogP contribution in [0.1, 0.15) is 22.3 Å². The van der Waals surface area contributed by atoms with Crippen LogP contribution in [0.25, 0.3) is 22.0 Å². The van der Waals surface area contributed by atoms with Gasteiger partial charge in [0.1, 0.15) is 17.5 Å². The number of nitrogens with zero attached hydrogens (tertiary/aromatic N) is 3. The van der Waals surface area contributed by atoms with Crippen LogP contribution in [0, 0.1) is 17.5 Å². The number of nitrogens with one attached hydrogen (secondary N) is 1. The highest BCUT2D eigenvalue weighted by atomic mass is 19.1. The lowest BCUT2D eigenvalue weighted by molar-refractivity contribution is -0.0260. The fourth-order valence-corrected chi connectivity index (χ4v) is 4.41. The molecule has 1 aliphatic heterocycles. The molecule has 10 heteroatoms. The van der Waals surface area contributed by atoms with E-state index < -0.39 is 35.5 Å². The van der Waals surface area contributed by atoms with Gasteiger partial charge in [0.05, 0.1) is 48.0 Å². The number of hydrogen-bond acceptors (Lipinski definition) is 4. The number of ether oxygens (including phenoxy) is 1. The lowest BCUT2D eigenvalue weighted by Crippen LogP contribution is -2.48. The number of aliphatic hydroxyl groups is 1. The number of amides is 1. The molecule has 7 nitrogen and oxygen atoms in total. The van der Waals surface area contributed by atoms with Gasteiger partial charge >= 0.3 is 0 Å². The minimum atomic E-state index is -0.907. The van der Waals surface area contributed by atoms with Gasteiger partial charge in [-0.1, -0.05) is 12.1 Å². The van der Waals surface area contributed by atoms with Crippen molar-refractivity contribution >= 4 is 16.8 Å². The number of carbonyl (C=O) groups is 1. The second kappa shape index (κ2) is 9.20. The number of benzene rings is 2. The van der Waals surface area contributed by atoms with Crippen molar-refractivity contribution in [3.05, 3.63) is 77.5 Å². The van der Waals surface area contributed by atoms with Gasteiger partial charge in [-0.3, -0.25) is 9.48 Å². The maximum atomic E-state index is 15.0. The summed E-state index contributed by atoms with van der Waals surface area (Å²) in [4.78, 5) is 13.0. The molecule has 0 unspecified atom stereocenters. The van der Waals surface area contributed by atoms with Crippen LogP contribution >= 0.6 is 0 Å². The lowest BCUT2D eigenvalue weighted by Gasteiger charge is -2.28. The first-order valence-corrected chi connectivity index (χ1v) is 11.1. The van der Waals surface area contributed by atoms with Crippen molar-refractivity contribution < 1.29 is 27.8 Å². The van der Waals surface area contributed by atoms with E-state index in [1.807, 2.05) is 0 Å². The van der Waals surface area contributed by atoms with Crippen LogP contribution in [0.2, 0.25) is 0 Å². The van der Waals surface area contributed by atoms with Crippen LogP contribution in [-0.4, -0.2) is 50.7 Å². The molecule has 2 N–H and O–H groups in total. The largest absolute Gasteiger partial charge is 0.389 e.